The Hall–Kier alpha value is -6.20. The van der Waals surface area contributed by atoms with Gasteiger partial charge in [-0.05, 0) is 274 Å². The Bertz CT molecular complexity index is 2560. The third-order valence-corrected chi connectivity index (χ3v) is 15.9. The number of urea groups is 1. The lowest BCUT2D eigenvalue weighted by atomic mass is 10.1. The summed E-state index contributed by atoms with van der Waals surface area (Å²) in [5.74, 6) is 1.59. The zero-order valence-electron chi connectivity index (χ0n) is 75.0. The summed E-state index contributed by atoms with van der Waals surface area (Å²) in [4.78, 5) is 77.7. The largest absolute Gasteiger partial charge is 0.508 e. The molecular formula is C84H175N19O11S. The van der Waals surface area contributed by atoms with Crippen LogP contribution in [0.1, 0.15) is 283 Å². The second kappa shape index (κ2) is 81.5. The molecule has 0 heterocycles. The highest BCUT2D eigenvalue weighted by Gasteiger charge is 2.19. The molecule has 0 aliphatic heterocycles. The number of hydrogen-bond donors (Lipinski definition) is 20. The van der Waals surface area contributed by atoms with E-state index in [9.17, 15) is 33.6 Å². The van der Waals surface area contributed by atoms with Gasteiger partial charge >= 0.3 is 24.2 Å². The van der Waals surface area contributed by atoms with Gasteiger partial charge in [-0.2, -0.15) is 11.8 Å². The highest BCUT2D eigenvalue weighted by molar-refractivity contribution is 7.98. The minimum atomic E-state index is -0.468. The average Bonchev–Trinajstić information content (AvgIpc) is 0.920. The molecule has 0 spiro atoms. The molecule has 115 heavy (non-hydrogen) atoms. The number of carbonyl (C=O) groups is 7. The first-order valence-electron chi connectivity index (χ1n) is 41.8. The van der Waals surface area contributed by atoms with Gasteiger partial charge in [0.15, 0.2) is 0 Å². The minimum Gasteiger partial charge on any atom is -0.508 e. The number of carbonyl (C=O) groups excluding carboxylic acids is 7. The van der Waals surface area contributed by atoms with Crippen LogP contribution in [-0.4, -0.2) is 176 Å². The highest BCUT2D eigenvalue weighted by Crippen LogP contribution is 2.13. The Kier molecular flexibility index (Phi) is 86.5. The van der Waals surface area contributed by atoms with E-state index in [1.807, 2.05) is 158 Å². The smallest absolute Gasteiger partial charge is 0.407 e. The molecule has 11 atom stereocenters. The quantitative estimate of drug-likeness (QED) is 0.0167. The number of ether oxygens (including phenoxy) is 3. The van der Waals surface area contributed by atoms with Gasteiger partial charge in [0.05, 0.1) is 12.1 Å². The molecule has 7 amide bonds. The standard InChI is InChI=1S/C18H40N6O2.C14H22N2O2.C11H24N2O2.C9H19NO2.C9H13NO.C7H17N3O.C6H15N.C5H12N2O.C5H13NS/c1-14(24-18(26)16(22)10-3-6-12-20)8-4-7-13-23-17(25)15(21)9-2-5-11-19;1-12(15)7-5-6-10-16-14(17)18-11-13-8-3-2-4-9-13;1-9(12)7-5-6-8-13-10(14)15-11(2,3)4;1-7(10)5-6-8(11)12-9(2,3)4;1-7(10)6-8-2-4-9(11)5-3-8;1-6(8)4-2-3-5-10-7(9)11;1-5(2)4-6(3)7;1-4(6)2-3-5(7)8;1-5(6)3-4-7-2/h14-16H,2-13,19-22H2,1H3,(H,23,25)(H,24,26);2-4,8-9,12H,5-7,10-11,15H2,1H3,(H,16,17);9H,5-8,12H2,1-4H3,(H,13,14);7H,5-6,10H2,1-4H3;2-5,7,11H,6,10H2,1H3;6H,2-5,8H2,1H3,(H3,9,10,11);5-6H,4,7H2,1-3H3;4H,2-3,6H2,1H3,(H2,7,8);5H,3-4,6H2,1-2H3. The van der Waals surface area contributed by atoms with Crippen molar-refractivity contribution in [3.8, 4) is 5.75 Å². The number of rotatable bonds is 46. The van der Waals surface area contributed by atoms with Gasteiger partial charge in [0, 0.05) is 93.4 Å². The number of phenolic OH excluding ortho intramolecular Hbond substituents is 1. The number of primary amides is 2. The van der Waals surface area contributed by atoms with Gasteiger partial charge < -0.3 is 126 Å². The molecule has 2 rings (SSSR count). The minimum absolute atomic E-state index is 0.0669. The van der Waals surface area contributed by atoms with Crippen molar-refractivity contribution >= 4 is 53.7 Å². The fourth-order valence-electron chi connectivity index (χ4n) is 9.23. The van der Waals surface area contributed by atoms with Crippen molar-refractivity contribution in [1.82, 2.24) is 26.6 Å². The maximum Gasteiger partial charge on any atom is 0.407 e. The molecule has 678 valence electrons. The average molecular weight is 1660 g/mol. The summed E-state index contributed by atoms with van der Waals surface area (Å²) in [6.07, 6.45) is 23.1. The lowest BCUT2D eigenvalue weighted by Gasteiger charge is -2.19. The van der Waals surface area contributed by atoms with Crippen LogP contribution in [0.15, 0.2) is 54.6 Å². The normalized spacial score (nSPS) is 13.5. The number of alkyl carbamates (subject to hydrolysis) is 2. The lowest BCUT2D eigenvalue weighted by Crippen LogP contribution is -2.44. The van der Waals surface area contributed by atoms with E-state index < -0.39 is 23.7 Å². The van der Waals surface area contributed by atoms with Crippen LogP contribution < -0.4 is 107 Å². The van der Waals surface area contributed by atoms with Crippen molar-refractivity contribution in [3.63, 3.8) is 0 Å². The number of aromatic hydroxyl groups is 1. The van der Waals surface area contributed by atoms with Gasteiger partial charge in [0.2, 0.25) is 17.7 Å². The third kappa shape index (κ3) is 114. The fraction of sp³-hybridized carbons (Fsp3) is 0.774. The number of amides is 7. The van der Waals surface area contributed by atoms with Crippen molar-refractivity contribution in [2.24, 2.45) is 86.2 Å². The van der Waals surface area contributed by atoms with Crippen LogP contribution in [0.4, 0.5) is 14.4 Å². The van der Waals surface area contributed by atoms with Gasteiger partial charge in [-0.15, -0.1) is 0 Å². The van der Waals surface area contributed by atoms with E-state index >= 15 is 0 Å². The summed E-state index contributed by atoms with van der Waals surface area (Å²) >= 11 is 1.85. The molecule has 0 bridgehead atoms. The molecule has 2 aromatic rings. The monoisotopic (exact) mass is 1660 g/mol. The molecule has 0 aromatic heterocycles. The van der Waals surface area contributed by atoms with Crippen LogP contribution in [0.5, 0.6) is 5.75 Å². The third-order valence-electron chi connectivity index (χ3n) is 15.3. The summed E-state index contributed by atoms with van der Waals surface area (Å²) < 4.78 is 15.3. The van der Waals surface area contributed by atoms with E-state index in [-0.39, 0.29) is 83.8 Å². The number of hydrogen-bond acceptors (Lipinski definition) is 24. The summed E-state index contributed by atoms with van der Waals surface area (Å²) in [6, 6.07) is 17.3. The first-order chi connectivity index (χ1) is 53.5. The number of esters is 1. The van der Waals surface area contributed by atoms with Crippen LogP contribution in [0.3, 0.4) is 0 Å². The number of nitrogens with one attached hydrogen (secondary N) is 5. The van der Waals surface area contributed by atoms with E-state index in [2.05, 4.69) is 46.7 Å². The molecule has 0 saturated carbocycles. The van der Waals surface area contributed by atoms with Crippen molar-refractivity contribution in [2.75, 3.05) is 51.3 Å². The van der Waals surface area contributed by atoms with Gasteiger partial charge in [-0.1, -0.05) is 88.4 Å². The zero-order valence-corrected chi connectivity index (χ0v) is 75.8. The molecule has 34 N–H and O–H groups in total. The topological polar surface area (TPSA) is 592 Å². The Balaban J connectivity index is -0.000000236. The summed E-state index contributed by atoms with van der Waals surface area (Å²) in [7, 11) is 0. The Morgan fingerprint density at radius 1 is 0.426 bits per heavy atom. The number of thioether (sulfide) groups is 1. The number of unbranched alkanes of at least 4 members (excludes halogenated alkanes) is 6. The molecule has 2 aromatic carbocycles. The van der Waals surface area contributed by atoms with Crippen molar-refractivity contribution < 1.29 is 52.9 Å². The number of nitrogens with two attached hydrogens (primary N) is 14. The van der Waals surface area contributed by atoms with Gasteiger partial charge in [-0.25, -0.2) is 14.4 Å². The highest BCUT2D eigenvalue weighted by atomic mass is 32.2. The molecule has 11 unspecified atom stereocenters. The van der Waals surface area contributed by atoms with Crippen LogP contribution >= 0.6 is 11.8 Å². The maximum absolute atomic E-state index is 12.0. The molecular weight excluding hydrogens is 1480 g/mol. The fourth-order valence-corrected chi connectivity index (χ4v) is 9.84. The van der Waals surface area contributed by atoms with Crippen LogP contribution in [0.2, 0.25) is 0 Å². The Morgan fingerprint density at radius 2 is 0.826 bits per heavy atom. The molecule has 0 fully saturated rings. The zero-order chi connectivity index (χ0) is 89.8. The second-order valence-electron chi connectivity index (χ2n) is 32.4. The molecule has 0 aliphatic carbocycles. The van der Waals surface area contributed by atoms with Crippen LogP contribution in [-0.2, 0) is 46.4 Å². The van der Waals surface area contributed by atoms with Crippen molar-refractivity contribution in [2.45, 2.75) is 362 Å². The Morgan fingerprint density at radius 3 is 1.18 bits per heavy atom. The SMILES string of the molecule is CC(C)CC(C)N.CC(CCCCNC(=O)C(N)CCCCN)NC(=O)C(N)CCCCN.CC(N)CCC(=O)OC(C)(C)C.CC(N)CCC(N)=O.CC(N)CCCCNC(=O)OC(C)(C)C.CC(N)CCCCNC(=O)OCc1ccccc1.CC(N)CCCCNC(N)=O.CC(N)Cc1ccc(O)cc1.CSCCC(C)N. The van der Waals surface area contributed by atoms with Crippen molar-refractivity contribution in [3.05, 3.63) is 65.7 Å². The number of phenols is 1. The predicted molar refractivity (Wildman–Crippen MR) is 481 cm³/mol. The van der Waals surface area contributed by atoms with Gasteiger partial charge in [0.1, 0.15) is 23.6 Å². The maximum atomic E-state index is 12.0. The molecule has 0 aliphatic rings. The number of benzene rings is 2. The van der Waals surface area contributed by atoms with E-state index in [1.54, 1.807) is 12.1 Å². The molecule has 30 nitrogen and oxygen atoms in total. The predicted octanol–water partition coefficient (Wildman–Crippen LogP) is 9.12. The molecule has 0 radical (unpaired) electrons. The molecule has 31 heteroatoms. The van der Waals surface area contributed by atoms with E-state index in [1.165, 1.54) is 5.75 Å². The Labute approximate surface area is 701 Å². The van der Waals surface area contributed by atoms with E-state index in [0.717, 1.165) is 139 Å². The first-order valence-corrected chi connectivity index (χ1v) is 43.2. The summed E-state index contributed by atoms with van der Waals surface area (Å²) in [5.41, 5.74) is 77.8. The van der Waals surface area contributed by atoms with E-state index in [4.69, 9.17) is 99.6 Å². The second-order valence-corrected chi connectivity index (χ2v) is 33.4. The van der Waals surface area contributed by atoms with Gasteiger partial charge in [-0.3, -0.25) is 19.2 Å². The molecule has 0 saturated heterocycles. The first kappa shape index (κ1) is 122. The van der Waals surface area contributed by atoms with Crippen molar-refractivity contribution in [1.29, 1.82) is 0 Å². The van der Waals surface area contributed by atoms with Gasteiger partial charge in [0.25, 0.3) is 0 Å². The van der Waals surface area contributed by atoms with E-state index in [0.29, 0.717) is 102 Å². The van der Waals surface area contributed by atoms with Crippen LogP contribution in [0.25, 0.3) is 0 Å². The lowest BCUT2D eigenvalue weighted by molar-refractivity contribution is -0.155. The van der Waals surface area contributed by atoms with Crippen LogP contribution in [0, 0.1) is 5.92 Å². The summed E-state index contributed by atoms with van der Waals surface area (Å²) in [5, 5.41) is 22.7. The summed E-state index contributed by atoms with van der Waals surface area (Å²) in [6.45, 7) is 37.3.